The number of amides is 1. The van der Waals surface area contributed by atoms with E-state index in [9.17, 15) is 4.79 Å². The lowest BCUT2D eigenvalue weighted by atomic mass is 10.2. The molecule has 0 rings (SSSR count). The average Bonchev–Trinajstić information content (AvgIpc) is 2.16. The molecule has 2 N–H and O–H groups in total. The Kier molecular flexibility index (Phi) is 8.38. The lowest BCUT2D eigenvalue weighted by Crippen LogP contribution is -2.44. The van der Waals surface area contributed by atoms with Gasteiger partial charge >= 0.3 is 0 Å². The van der Waals surface area contributed by atoms with Gasteiger partial charge in [-0.25, -0.2) is 0 Å². The minimum absolute atomic E-state index is 0.0750. The molecule has 0 spiro atoms. The van der Waals surface area contributed by atoms with Gasteiger partial charge in [0, 0.05) is 6.04 Å². The molecule has 0 aliphatic rings. The largest absolute Gasteiger partial charge is 0.353 e. The minimum atomic E-state index is -0.0750. The molecule has 1 amide bonds. The Morgan fingerprint density at radius 2 is 1.80 bits per heavy atom. The van der Waals surface area contributed by atoms with Crippen LogP contribution in [0.1, 0.15) is 53.4 Å². The first-order valence-corrected chi connectivity index (χ1v) is 6.11. The summed E-state index contributed by atoms with van der Waals surface area (Å²) in [5.74, 6) is 0.0977. The highest BCUT2D eigenvalue weighted by Gasteiger charge is 2.11. The predicted octanol–water partition coefficient (Wildman–Crippen LogP) is 2.07. The molecule has 1 unspecified atom stereocenters. The van der Waals surface area contributed by atoms with Crippen LogP contribution < -0.4 is 10.6 Å². The Balaban J connectivity index is 3.47. The van der Waals surface area contributed by atoms with E-state index < -0.39 is 0 Å². The number of unbranched alkanes of at least 4 members (excludes halogenated alkanes) is 3. The van der Waals surface area contributed by atoms with Gasteiger partial charge in [0.2, 0.25) is 5.91 Å². The van der Waals surface area contributed by atoms with E-state index in [0.29, 0.717) is 0 Å². The van der Waals surface area contributed by atoms with E-state index in [1.807, 2.05) is 20.8 Å². The molecule has 0 fully saturated rings. The molecule has 0 aromatic rings. The summed E-state index contributed by atoms with van der Waals surface area (Å²) in [5, 5.41) is 6.13. The number of carbonyl (C=O) groups excluding carboxylic acids is 1. The van der Waals surface area contributed by atoms with Crippen LogP contribution in [0.15, 0.2) is 0 Å². The van der Waals surface area contributed by atoms with Gasteiger partial charge in [-0.15, -0.1) is 0 Å². The first-order valence-electron chi connectivity index (χ1n) is 6.11. The van der Waals surface area contributed by atoms with Crippen molar-refractivity contribution in [3.8, 4) is 0 Å². The van der Waals surface area contributed by atoms with Crippen LogP contribution in [0.4, 0.5) is 0 Å². The maximum Gasteiger partial charge on any atom is 0.237 e. The molecule has 90 valence electrons. The number of nitrogens with one attached hydrogen (secondary N) is 2. The van der Waals surface area contributed by atoms with E-state index >= 15 is 0 Å². The molecule has 0 saturated carbocycles. The Labute approximate surface area is 94.0 Å². The molecule has 3 heteroatoms. The highest BCUT2D eigenvalue weighted by Crippen LogP contribution is 1.97. The smallest absolute Gasteiger partial charge is 0.237 e. The molecule has 15 heavy (non-hydrogen) atoms. The molecular weight excluding hydrogens is 188 g/mol. The second-order valence-corrected chi connectivity index (χ2v) is 4.40. The third kappa shape index (κ3) is 8.43. The van der Waals surface area contributed by atoms with Crippen LogP contribution in [0.5, 0.6) is 0 Å². The van der Waals surface area contributed by atoms with E-state index in [1.165, 1.54) is 19.3 Å². The van der Waals surface area contributed by atoms with Crippen molar-refractivity contribution in [2.24, 2.45) is 0 Å². The van der Waals surface area contributed by atoms with E-state index in [2.05, 4.69) is 17.6 Å². The number of rotatable bonds is 8. The number of carbonyl (C=O) groups is 1. The van der Waals surface area contributed by atoms with Crippen LogP contribution in [-0.2, 0) is 4.79 Å². The molecule has 0 heterocycles. The first-order chi connectivity index (χ1) is 7.07. The summed E-state index contributed by atoms with van der Waals surface area (Å²) in [6.45, 7) is 9.01. The van der Waals surface area contributed by atoms with Crippen LogP contribution in [0, 0.1) is 0 Å². The van der Waals surface area contributed by atoms with Crippen molar-refractivity contribution in [3.63, 3.8) is 0 Å². The molecule has 0 aliphatic carbocycles. The van der Waals surface area contributed by atoms with Crippen molar-refractivity contribution in [2.75, 3.05) is 6.54 Å². The van der Waals surface area contributed by atoms with Gasteiger partial charge in [-0.3, -0.25) is 4.79 Å². The SMILES string of the molecule is CCCCCCNC(C)C(=O)NC(C)C. The van der Waals surface area contributed by atoms with Gasteiger partial charge in [-0.1, -0.05) is 26.2 Å². The van der Waals surface area contributed by atoms with Crippen LogP contribution in [-0.4, -0.2) is 24.5 Å². The molecule has 0 aliphatic heterocycles. The maximum absolute atomic E-state index is 11.5. The topological polar surface area (TPSA) is 41.1 Å². The van der Waals surface area contributed by atoms with E-state index in [1.54, 1.807) is 0 Å². The monoisotopic (exact) mass is 214 g/mol. The summed E-state index contributed by atoms with van der Waals surface area (Å²) in [6.07, 6.45) is 4.95. The van der Waals surface area contributed by atoms with Gasteiger partial charge in [0.05, 0.1) is 6.04 Å². The van der Waals surface area contributed by atoms with Crippen molar-refractivity contribution in [1.82, 2.24) is 10.6 Å². The highest BCUT2D eigenvalue weighted by atomic mass is 16.2. The standard InChI is InChI=1S/C12H26N2O/c1-5-6-7-8-9-13-11(4)12(15)14-10(2)3/h10-11,13H,5-9H2,1-4H3,(H,14,15). The predicted molar refractivity (Wildman–Crippen MR) is 64.9 cm³/mol. The van der Waals surface area contributed by atoms with Crippen LogP contribution in [0.25, 0.3) is 0 Å². The van der Waals surface area contributed by atoms with Gasteiger partial charge in [0.1, 0.15) is 0 Å². The molecule has 0 saturated heterocycles. The molecule has 0 bridgehead atoms. The summed E-state index contributed by atoms with van der Waals surface area (Å²) < 4.78 is 0. The van der Waals surface area contributed by atoms with E-state index in [-0.39, 0.29) is 18.0 Å². The van der Waals surface area contributed by atoms with Gasteiger partial charge in [-0.05, 0) is 33.7 Å². The van der Waals surface area contributed by atoms with Crippen LogP contribution >= 0.6 is 0 Å². The summed E-state index contributed by atoms with van der Waals surface area (Å²) in [7, 11) is 0. The lowest BCUT2D eigenvalue weighted by molar-refractivity contribution is -0.123. The summed E-state index contributed by atoms with van der Waals surface area (Å²) in [6, 6.07) is 0.149. The average molecular weight is 214 g/mol. The van der Waals surface area contributed by atoms with Crippen molar-refractivity contribution in [2.45, 2.75) is 65.5 Å². The van der Waals surface area contributed by atoms with E-state index in [4.69, 9.17) is 0 Å². The van der Waals surface area contributed by atoms with Gasteiger partial charge in [0.15, 0.2) is 0 Å². The molecular formula is C12H26N2O. The van der Waals surface area contributed by atoms with Crippen molar-refractivity contribution in [3.05, 3.63) is 0 Å². The summed E-state index contributed by atoms with van der Waals surface area (Å²) in [4.78, 5) is 11.5. The Bertz CT molecular complexity index is 169. The third-order valence-corrected chi connectivity index (χ3v) is 2.31. The summed E-state index contributed by atoms with van der Waals surface area (Å²) >= 11 is 0. The Morgan fingerprint density at radius 1 is 1.13 bits per heavy atom. The maximum atomic E-state index is 11.5. The minimum Gasteiger partial charge on any atom is -0.353 e. The Morgan fingerprint density at radius 3 is 2.33 bits per heavy atom. The fraction of sp³-hybridized carbons (Fsp3) is 0.917. The third-order valence-electron chi connectivity index (χ3n) is 2.31. The zero-order valence-corrected chi connectivity index (χ0v) is 10.6. The Hall–Kier alpha value is -0.570. The van der Waals surface area contributed by atoms with Crippen LogP contribution in [0.3, 0.4) is 0 Å². The van der Waals surface area contributed by atoms with Crippen molar-refractivity contribution in [1.29, 1.82) is 0 Å². The second kappa shape index (κ2) is 8.72. The van der Waals surface area contributed by atoms with Gasteiger partial charge in [0.25, 0.3) is 0 Å². The number of hydrogen-bond donors (Lipinski definition) is 2. The highest BCUT2D eigenvalue weighted by molar-refractivity contribution is 5.81. The number of hydrogen-bond acceptors (Lipinski definition) is 2. The quantitative estimate of drug-likeness (QED) is 0.607. The molecule has 3 nitrogen and oxygen atoms in total. The van der Waals surface area contributed by atoms with Gasteiger partial charge < -0.3 is 10.6 Å². The lowest BCUT2D eigenvalue weighted by Gasteiger charge is -2.15. The molecule has 1 atom stereocenters. The molecule has 0 radical (unpaired) electrons. The van der Waals surface area contributed by atoms with Crippen molar-refractivity contribution < 1.29 is 4.79 Å². The van der Waals surface area contributed by atoms with Gasteiger partial charge in [-0.2, -0.15) is 0 Å². The zero-order valence-electron chi connectivity index (χ0n) is 10.6. The second-order valence-electron chi connectivity index (χ2n) is 4.40. The molecule has 0 aromatic carbocycles. The fourth-order valence-electron chi connectivity index (χ4n) is 1.37. The summed E-state index contributed by atoms with van der Waals surface area (Å²) in [5.41, 5.74) is 0. The first kappa shape index (κ1) is 14.4. The molecule has 0 aromatic heterocycles. The van der Waals surface area contributed by atoms with E-state index in [0.717, 1.165) is 13.0 Å². The van der Waals surface area contributed by atoms with Crippen molar-refractivity contribution >= 4 is 5.91 Å². The fourth-order valence-corrected chi connectivity index (χ4v) is 1.37. The normalized spacial score (nSPS) is 12.9. The van der Waals surface area contributed by atoms with Crippen LogP contribution in [0.2, 0.25) is 0 Å². The zero-order chi connectivity index (χ0) is 11.7.